The van der Waals surface area contributed by atoms with Gasteiger partial charge in [0.2, 0.25) is 0 Å². The number of rotatable bonds is 1. The molecule has 16 heavy (non-hydrogen) atoms. The van der Waals surface area contributed by atoms with Crippen LogP contribution < -0.4 is 15.5 Å². The molecule has 0 saturated carbocycles. The maximum absolute atomic E-state index is 10.7. The number of aryl methyl sites for hydroxylation is 1. The molecule has 0 saturated heterocycles. The lowest BCUT2D eigenvalue weighted by Gasteiger charge is -2.24. The van der Waals surface area contributed by atoms with Gasteiger partial charge in [-0.3, -0.25) is 4.57 Å². The van der Waals surface area contributed by atoms with Crippen molar-refractivity contribution in [3.63, 3.8) is 0 Å². The molecule has 2 rings (SSSR count). The van der Waals surface area contributed by atoms with Crippen LogP contribution in [-0.2, 0) is 0 Å². The van der Waals surface area contributed by atoms with Crippen LogP contribution in [0.2, 0.25) is 0 Å². The van der Waals surface area contributed by atoms with Gasteiger partial charge in [0.1, 0.15) is 12.1 Å². The first kappa shape index (κ1) is 10.4. The monoisotopic (exact) mass is 217 g/mol. The summed E-state index contributed by atoms with van der Waals surface area (Å²) in [6, 6.07) is 0. The van der Waals surface area contributed by atoms with Crippen molar-refractivity contribution in [2.75, 3.05) is 0 Å². The first-order valence-corrected chi connectivity index (χ1v) is 4.83. The Morgan fingerprint density at radius 1 is 1.38 bits per heavy atom. The van der Waals surface area contributed by atoms with Gasteiger partial charge >= 0.3 is 0 Å². The van der Waals surface area contributed by atoms with Crippen molar-refractivity contribution in [3.05, 3.63) is 47.6 Å². The molecule has 1 aromatic heterocycles. The second kappa shape index (κ2) is 3.77. The Morgan fingerprint density at radius 2 is 2.12 bits per heavy atom. The van der Waals surface area contributed by atoms with Crippen LogP contribution in [0.25, 0.3) is 5.82 Å². The van der Waals surface area contributed by atoms with Gasteiger partial charge < -0.3 is 15.5 Å². The van der Waals surface area contributed by atoms with Crippen LogP contribution in [0.4, 0.5) is 0 Å². The van der Waals surface area contributed by atoms with E-state index in [0.29, 0.717) is 5.82 Å². The maximum atomic E-state index is 10.7. The molecule has 0 fully saturated rings. The molecule has 1 N–H and O–H groups in total. The fourth-order valence-electron chi connectivity index (χ4n) is 1.46. The first-order chi connectivity index (χ1) is 7.59. The van der Waals surface area contributed by atoms with Crippen LogP contribution in [0.1, 0.15) is 11.4 Å². The molecule has 0 aromatic carbocycles. The third-order valence-electron chi connectivity index (χ3n) is 2.53. The summed E-state index contributed by atoms with van der Waals surface area (Å²) < 4.78 is 1.79. The quantitative estimate of drug-likeness (QED) is 0.634. The molecule has 0 bridgehead atoms. The zero-order chi connectivity index (χ0) is 11.7. The van der Waals surface area contributed by atoms with Crippen molar-refractivity contribution < 1.29 is 10.2 Å². The molecule has 0 amide bonds. The summed E-state index contributed by atoms with van der Waals surface area (Å²) in [6.45, 7) is 3.82. The summed E-state index contributed by atoms with van der Waals surface area (Å²) in [5, 5.41) is 24.4. The molecule has 5 nitrogen and oxygen atoms in total. The first-order valence-electron chi connectivity index (χ1n) is 4.83. The molecular weight excluding hydrogens is 206 g/mol. The Balaban J connectivity index is 2.44. The SMILES string of the molecule is Cc1ncn(C2=CC(=C([O-])[O-])C=CN2)c1C. The van der Waals surface area contributed by atoms with Gasteiger partial charge in [0.25, 0.3) is 0 Å². The van der Waals surface area contributed by atoms with Crippen molar-refractivity contribution in [1.29, 1.82) is 0 Å². The Morgan fingerprint density at radius 3 is 2.69 bits per heavy atom. The lowest BCUT2D eigenvalue weighted by Crippen LogP contribution is -2.22. The molecule has 0 unspecified atom stereocenters. The Labute approximate surface area is 93.1 Å². The lowest BCUT2D eigenvalue weighted by atomic mass is 10.2. The predicted molar refractivity (Wildman–Crippen MR) is 55.3 cm³/mol. The second-order valence-electron chi connectivity index (χ2n) is 3.54. The largest absolute Gasteiger partial charge is 0.884 e. The van der Waals surface area contributed by atoms with Gasteiger partial charge in [0.15, 0.2) is 0 Å². The third-order valence-corrected chi connectivity index (χ3v) is 2.53. The third kappa shape index (κ3) is 1.67. The fraction of sp³-hybridized carbons (Fsp3) is 0.182. The second-order valence-corrected chi connectivity index (χ2v) is 3.54. The molecular formula is C11H11N3O2-2. The van der Waals surface area contributed by atoms with Gasteiger partial charge in [-0.2, -0.15) is 5.95 Å². The number of nitrogens with zero attached hydrogens (tertiary/aromatic N) is 2. The Bertz CT molecular complexity index is 505. The van der Waals surface area contributed by atoms with E-state index < -0.39 is 5.95 Å². The van der Waals surface area contributed by atoms with Gasteiger partial charge in [-0.25, -0.2) is 4.98 Å². The van der Waals surface area contributed by atoms with Crippen LogP contribution in [0.15, 0.2) is 36.2 Å². The summed E-state index contributed by atoms with van der Waals surface area (Å²) in [6.07, 6.45) is 6.19. The zero-order valence-corrected chi connectivity index (χ0v) is 9.02. The molecule has 0 radical (unpaired) electrons. The van der Waals surface area contributed by atoms with E-state index in [1.807, 2.05) is 13.8 Å². The Hall–Kier alpha value is -2.17. The smallest absolute Gasteiger partial charge is 0.115 e. The number of dihydropyridines is 1. The zero-order valence-electron chi connectivity index (χ0n) is 9.02. The minimum Gasteiger partial charge on any atom is -0.884 e. The number of hydrogen-bond acceptors (Lipinski definition) is 4. The summed E-state index contributed by atoms with van der Waals surface area (Å²) >= 11 is 0. The van der Waals surface area contributed by atoms with E-state index in [1.165, 1.54) is 12.2 Å². The van der Waals surface area contributed by atoms with Crippen molar-refractivity contribution >= 4 is 5.82 Å². The van der Waals surface area contributed by atoms with Crippen LogP contribution >= 0.6 is 0 Å². The van der Waals surface area contributed by atoms with Crippen LogP contribution in [-0.4, -0.2) is 9.55 Å². The van der Waals surface area contributed by atoms with Crippen molar-refractivity contribution in [3.8, 4) is 0 Å². The molecule has 1 aliphatic heterocycles. The van der Waals surface area contributed by atoms with E-state index >= 15 is 0 Å². The van der Waals surface area contributed by atoms with Crippen LogP contribution in [0.5, 0.6) is 0 Å². The van der Waals surface area contributed by atoms with Crippen molar-refractivity contribution in [2.45, 2.75) is 13.8 Å². The average Bonchev–Trinajstić information content (AvgIpc) is 2.60. The van der Waals surface area contributed by atoms with E-state index in [2.05, 4.69) is 10.3 Å². The molecule has 0 aliphatic carbocycles. The van der Waals surface area contributed by atoms with Gasteiger partial charge in [-0.05, 0) is 31.6 Å². The lowest BCUT2D eigenvalue weighted by molar-refractivity contribution is -0.514. The minimum atomic E-state index is -1.19. The number of nitrogens with one attached hydrogen (secondary N) is 1. The van der Waals surface area contributed by atoms with E-state index in [9.17, 15) is 10.2 Å². The standard InChI is InChI=1S/C11H13N3O2/c1-7-8(2)14(6-13-7)10-5-9(11(15)16)3-4-12-10/h3-6,12,15-16H,1-2H3/p-2. The maximum Gasteiger partial charge on any atom is 0.115 e. The Kier molecular flexibility index (Phi) is 2.44. The molecule has 0 atom stereocenters. The fourth-order valence-corrected chi connectivity index (χ4v) is 1.46. The van der Waals surface area contributed by atoms with Crippen LogP contribution in [0, 0.1) is 13.8 Å². The highest BCUT2D eigenvalue weighted by Gasteiger charge is 2.07. The summed E-state index contributed by atoms with van der Waals surface area (Å²) in [7, 11) is 0. The highest BCUT2D eigenvalue weighted by Crippen LogP contribution is 2.15. The van der Waals surface area contributed by atoms with Crippen molar-refractivity contribution in [2.24, 2.45) is 0 Å². The molecule has 1 aliphatic rings. The number of allylic oxidation sites excluding steroid dienone is 3. The molecule has 2 heterocycles. The summed E-state index contributed by atoms with van der Waals surface area (Å²) in [4.78, 5) is 4.15. The molecule has 84 valence electrons. The number of imidazole rings is 1. The molecule has 0 spiro atoms. The highest BCUT2D eigenvalue weighted by molar-refractivity contribution is 5.57. The van der Waals surface area contributed by atoms with Gasteiger partial charge in [-0.1, -0.05) is 0 Å². The van der Waals surface area contributed by atoms with Gasteiger partial charge in [0, 0.05) is 11.9 Å². The van der Waals surface area contributed by atoms with E-state index in [4.69, 9.17) is 0 Å². The van der Waals surface area contributed by atoms with Crippen LogP contribution in [0.3, 0.4) is 0 Å². The van der Waals surface area contributed by atoms with Crippen molar-refractivity contribution in [1.82, 2.24) is 14.9 Å². The summed E-state index contributed by atoms with van der Waals surface area (Å²) in [5.74, 6) is -0.537. The number of hydrogen-bond donors (Lipinski definition) is 1. The minimum absolute atomic E-state index is 0.138. The van der Waals surface area contributed by atoms with E-state index in [-0.39, 0.29) is 5.57 Å². The average molecular weight is 217 g/mol. The highest BCUT2D eigenvalue weighted by atomic mass is 16.5. The molecule has 1 aromatic rings. The predicted octanol–water partition coefficient (Wildman–Crippen LogP) is -0.653. The summed E-state index contributed by atoms with van der Waals surface area (Å²) in [5.41, 5.74) is 2.01. The number of aromatic nitrogens is 2. The van der Waals surface area contributed by atoms with Gasteiger partial charge in [-0.15, -0.1) is 0 Å². The normalized spacial score (nSPS) is 14.6. The molecule has 5 heteroatoms. The van der Waals surface area contributed by atoms with E-state index in [1.54, 1.807) is 17.1 Å². The van der Waals surface area contributed by atoms with Gasteiger partial charge in [0.05, 0.1) is 5.69 Å². The topological polar surface area (TPSA) is 76.0 Å². The van der Waals surface area contributed by atoms with E-state index in [0.717, 1.165) is 11.4 Å².